The largest absolute Gasteiger partial charge is 0.350 e. The molecule has 1 amide bonds. The lowest BCUT2D eigenvalue weighted by Gasteiger charge is -2.06. The molecule has 154 valence electrons. The van der Waals surface area contributed by atoms with Crippen LogP contribution >= 0.6 is 0 Å². The molecule has 0 aliphatic rings. The Morgan fingerprint density at radius 2 is 1.90 bits per heavy atom. The van der Waals surface area contributed by atoms with Gasteiger partial charge in [0.05, 0.1) is 17.0 Å². The zero-order valence-electron chi connectivity index (χ0n) is 16.2. The van der Waals surface area contributed by atoms with Crippen LogP contribution in [0.15, 0.2) is 83.8 Å². The zero-order valence-corrected chi connectivity index (χ0v) is 16.2. The predicted octanol–water partition coefficient (Wildman–Crippen LogP) is 3.10. The fourth-order valence-corrected chi connectivity index (χ4v) is 3.14. The van der Waals surface area contributed by atoms with Gasteiger partial charge in [-0.15, -0.1) is 5.10 Å². The quantitative estimate of drug-likeness (QED) is 0.295. The Balaban J connectivity index is 1.48. The van der Waals surface area contributed by atoms with Gasteiger partial charge in [-0.05, 0) is 42.0 Å². The number of anilines is 1. The second-order valence-electron chi connectivity index (χ2n) is 6.71. The molecule has 2 heterocycles. The molecule has 0 spiro atoms. The molecule has 9 nitrogen and oxygen atoms in total. The molecule has 4 rings (SSSR count). The number of para-hydroxylation sites is 1. The van der Waals surface area contributed by atoms with Crippen molar-refractivity contribution in [3.8, 4) is 0 Å². The molecule has 0 bridgehead atoms. The summed E-state index contributed by atoms with van der Waals surface area (Å²) in [6, 6.07) is 18.5. The van der Waals surface area contributed by atoms with Crippen LogP contribution in [0.5, 0.6) is 0 Å². The summed E-state index contributed by atoms with van der Waals surface area (Å²) in [5.74, 6) is -0.430. The first-order valence-corrected chi connectivity index (χ1v) is 9.37. The van der Waals surface area contributed by atoms with Crippen molar-refractivity contribution in [3.63, 3.8) is 0 Å². The van der Waals surface area contributed by atoms with Gasteiger partial charge < -0.3 is 5.32 Å². The second kappa shape index (κ2) is 8.46. The van der Waals surface area contributed by atoms with Crippen molar-refractivity contribution in [2.75, 3.05) is 5.32 Å². The summed E-state index contributed by atoms with van der Waals surface area (Å²) in [6.07, 6.45) is 4.29. The van der Waals surface area contributed by atoms with E-state index in [1.807, 2.05) is 6.07 Å². The number of rotatable bonds is 6. The van der Waals surface area contributed by atoms with Gasteiger partial charge in [-0.3, -0.25) is 19.3 Å². The molecular weight excluding hydrogens is 398 g/mol. The fraction of sp³-hybridized carbons (Fsp3) is 0.0455. The SMILES string of the molecule is O=C(/C=C/c1ccccc1[N+](=O)[O-])Nc1cccc(Cn2nc3ccccn3c2=O)c1. The molecule has 31 heavy (non-hydrogen) atoms. The zero-order chi connectivity index (χ0) is 21.8. The first kappa shape index (κ1) is 19.8. The standard InChI is InChI=1S/C22H17N5O4/c28-21(12-11-17-7-1-2-9-19(17)27(30)31)23-18-8-5-6-16(14-18)15-26-22(29)25-13-4-3-10-20(25)24-26/h1-14H,15H2,(H,23,28)/b12-11+. The van der Waals surface area contributed by atoms with Crippen LogP contribution in [0.1, 0.15) is 11.1 Å². The van der Waals surface area contributed by atoms with Gasteiger partial charge in [0.15, 0.2) is 5.65 Å². The number of nitro groups is 1. The van der Waals surface area contributed by atoms with E-state index in [-0.39, 0.29) is 17.9 Å². The third-order valence-electron chi connectivity index (χ3n) is 4.56. The number of hydrogen-bond donors (Lipinski definition) is 1. The molecular formula is C22H17N5O4. The summed E-state index contributed by atoms with van der Waals surface area (Å²) < 4.78 is 2.81. The highest BCUT2D eigenvalue weighted by atomic mass is 16.6. The minimum Gasteiger partial charge on any atom is -0.323 e. The van der Waals surface area contributed by atoms with Crippen LogP contribution in [-0.2, 0) is 11.3 Å². The molecule has 0 unspecified atom stereocenters. The van der Waals surface area contributed by atoms with Crippen LogP contribution in [0.25, 0.3) is 11.7 Å². The fourth-order valence-electron chi connectivity index (χ4n) is 3.14. The number of hydrogen-bond acceptors (Lipinski definition) is 5. The highest BCUT2D eigenvalue weighted by Gasteiger charge is 2.10. The lowest BCUT2D eigenvalue weighted by Crippen LogP contribution is -2.21. The number of benzene rings is 2. The molecule has 0 fully saturated rings. The van der Waals surface area contributed by atoms with Gasteiger partial charge in [0.1, 0.15) is 0 Å². The molecule has 0 saturated heterocycles. The van der Waals surface area contributed by atoms with Crippen molar-refractivity contribution in [2.24, 2.45) is 0 Å². The van der Waals surface area contributed by atoms with Gasteiger partial charge in [0.25, 0.3) is 5.69 Å². The van der Waals surface area contributed by atoms with E-state index in [4.69, 9.17) is 0 Å². The Morgan fingerprint density at radius 3 is 2.71 bits per heavy atom. The highest BCUT2D eigenvalue weighted by molar-refractivity contribution is 6.02. The van der Waals surface area contributed by atoms with Crippen molar-refractivity contribution in [1.82, 2.24) is 14.2 Å². The molecule has 4 aromatic rings. The minimum absolute atomic E-state index is 0.0774. The third-order valence-corrected chi connectivity index (χ3v) is 4.56. The maximum Gasteiger partial charge on any atom is 0.350 e. The number of nitrogens with zero attached hydrogens (tertiary/aromatic N) is 4. The van der Waals surface area contributed by atoms with Crippen LogP contribution in [0.3, 0.4) is 0 Å². The molecule has 0 aliphatic heterocycles. The second-order valence-corrected chi connectivity index (χ2v) is 6.71. The highest BCUT2D eigenvalue weighted by Crippen LogP contribution is 2.19. The van der Waals surface area contributed by atoms with E-state index in [1.54, 1.807) is 60.8 Å². The number of nitro benzene ring substituents is 1. The molecule has 2 aromatic heterocycles. The third kappa shape index (κ3) is 4.40. The van der Waals surface area contributed by atoms with E-state index in [1.165, 1.54) is 27.3 Å². The molecule has 0 aliphatic carbocycles. The van der Waals surface area contributed by atoms with Gasteiger partial charge in [0, 0.05) is 24.0 Å². The number of carbonyl (C=O) groups excluding carboxylic acids is 1. The van der Waals surface area contributed by atoms with Crippen molar-refractivity contribution in [2.45, 2.75) is 6.54 Å². The molecule has 1 N–H and O–H groups in total. The average Bonchev–Trinajstić information content (AvgIpc) is 3.08. The summed E-state index contributed by atoms with van der Waals surface area (Å²) in [5, 5.41) is 18.1. The Kier molecular flexibility index (Phi) is 5.39. The smallest absolute Gasteiger partial charge is 0.323 e. The number of carbonyl (C=O) groups is 1. The van der Waals surface area contributed by atoms with Crippen molar-refractivity contribution < 1.29 is 9.72 Å². The lowest BCUT2D eigenvalue weighted by molar-refractivity contribution is -0.385. The van der Waals surface area contributed by atoms with Crippen LogP contribution in [-0.4, -0.2) is 25.0 Å². The summed E-state index contributed by atoms with van der Waals surface area (Å²) >= 11 is 0. The predicted molar refractivity (Wildman–Crippen MR) is 116 cm³/mol. The van der Waals surface area contributed by atoms with Gasteiger partial charge >= 0.3 is 5.69 Å². The molecule has 9 heteroatoms. The van der Waals surface area contributed by atoms with Crippen LogP contribution < -0.4 is 11.0 Å². The Hall–Kier alpha value is -4.53. The number of aromatic nitrogens is 3. The Morgan fingerprint density at radius 1 is 1.10 bits per heavy atom. The van der Waals surface area contributed by atoms with Gasteiger partial charge in [-0.25, -0.2) is 9.48 Å². The normalized spacial score (nSPS) is 11.1. The maximum absolute atomic E-state index is 12.4. The topological polar surface area (TPSA) is 112 Å². The minimum atomic E-state index is -0.498. The monoisotopic (exact) mass is 415 g/mol. The van der Waals surface area contributed by atoms with Crippen molar-refractivity contribution in [3.05, 3.63) is 111 Å². The first-order chi connectivity index (χ1) is 15.0. The van der Waals surface area contributed by atoms with Gasteiger partial charge in [-0.2, -0.15) is 0 Å². The van der Waals surface area contributed by atoms with Crippen LogP contribution in [0.4, 0.5) is 11.4 Å². The first-order valence-electron chi connectivity index (χ1n) is 9.37. The Bertz CT molecular complexity index is 1370. The lowest BCUT2D eigenvalue weighted by atomic mass is 10.1. The van der Waals surface area contributed by atoms with Gasteiger partial charge in [-0.1, -0.05) is 30.3 Å². The summed E-state index contributed by atoms with van der Waals surface area (Å²) in [4.78, 5) is 35.3. The van der Waals surface area contributed by atoms with E-state index in [2.05, 4.69) is 10.4 Å². The molecule has 2 aromatic carbocycles. The Labute approximate surface area is 176 Å². The molecule has 0 radical (unpaired) electrons. The van der Waals surface area contributed by atoms with Gasteiger partial charge in [0.2, 0.25) is 5.91 Å². The van der Waals surface area contributed by atoms with E-state index < -0.39 is 10.8 Å². The summed E-state index contributed by atoms with van der Waals surface area (Å²) in [5.41, 5.74) is 1.88. The van der Waals surface area contributed by atoms with Crippen LogP contribution in [0.2, 0.25) is 0 Å². The summed E-state index contributed by atoms with van der Waals surface area (Å²) in [7, 11) is 0. The maximum atomic E-state index is 12.4. The molecule has 0 atom stereocenters. The van der Waals surface area contributed by atoms with Crippen molar-refractivity contribution >= 4 is 29.0 Å². The summed E-state index contributed by atoms with van der Waals surface area (Å²) in [6.45, 7) is 0.246. The van der Waals surface area contributed by atoms with E-state index in [0.29, 0.717) is 16.9 Å². The van der Waals surface area contributed by atoms with E-state index in [0.717, 1.165) is 5.56 Å². The molecule has 0 saturated carbocycles. The van der Waals surface area contributed by atoms with Crippen LogP contribution in [0, 0.1) is 10.1 Å². The average molecular weight is 415 g/mol. The number of amides is 1. The van der Waals surface area contributed by atoms with E-state index >= 15 is 0 Å². The number of nitrogens with one attached hydrogen (secondary N) is 1. The number of fused-ring (bicyclic) bond motifs is 1. The van der Waals surface area contributed by atoms with E-state index in [9.17, 15) is 19.7 Å². The number of pyridine rings is 1. The van der Waals surface area contributed by atoms with Crippen molar-refractivity contribution in [1.29, 1.82) is 0 Å².